The number of hydrogen-bond acceptors (Lipinski definition) is 0. The zero-order valence-electron chi connectivity index (χ0n) is 5.15. The Morgan fingerprint density at radius 2 is 1.75 bits per heavy atom. The van der Waals surface area contributed by atoms with Crippen molar-refractivity contribution in [2.24, 2.45) is 5.92 Å². The van der Waals surface area contributed by atoms with Gasteiger partial charge in [-0.05, 0) is 18.8 Å². The molecule has 1 saturated carbocycles. The highest BCUT2D eigenvalue weighted by Crippen LogP contribution is 2.39. The monoisotopic (exact) mass is 106 g/mol. The first-order valence-electron chi connectivity index (χ1n) is 3.27. The molecule has 2 bridgehead atoms. The molecule has 0 atom stereocenters. The highest BCUT2D eigenvalue weighted by Gasteiger charge is 2.24. The minimum atomic E-state index is 0.815. The van der Waals surface area contributed by atoms with Crippen LogP contribution in [0.4, 0.5) is 0 Å². The van der Waals surface area contributed by atoms with Gasteiger partial charge in [-0.15, -0.1) is 0 Å². The van der Waals surface area contributed by atoms with Crippen molar-refractivity contribution in [2.75, 3.05) is 0 Å². The van der Waals surface area contributed by atoms with Gasteiger partial charge < -0.3 is 0 Å². The molecule has 0 amide bonds. The maximum Gasteiger partial charge on any atom is -0.00150 e. The molecule has 1 fully saturated rings. The van der Waals surface area contributed by atoms with E-state index in [1.165, 1.54) is 12.8 Å². The Kier molecular flexibility index (Phi) is 0.682. The quantitative estimate of drug-likeness (QED) is 0.444. The van der Waals surface area contributed by atoms with Crippen LogP contribution in [-0.4, -0.2) is 0 Å². The van der Waals surface area contributed by atoms with Crippen LogP contribution in [-0.2, 0) is 0 Å². The molecule has 0 N–H and O–H groups in total. The molecule has 2 rings (SSSR count). The van der Waals surface area contributed by atoms with E-state index in [2.05, 4.69) is 19.1 Å². The van der Waals surface area contributed by atoms with Crippen LogP contribution in [0.15, 0.2) is 23.3 Å². The second-order valence-corrected chi connectivity index (χ2v) is 2.70. The molecule has 0 aromatic heterocycles. The topological polar surface area (TPSA) is 0 Å². The lowest BCUT2D eigenvalue weighted by Crippen LogP contribution is -1.84. The normalized spacial score (nSPS) is 26.1. The van der Waals surface area contributed by atoms with Crippen LogP contribution in [0.5, 0.6) is 0 Å². The van der Waals surface area contributed by atoms with E-state index in [9.17, 15) is 0 Å². The molecule has 0 saturated heterocycles. The van der Waals surface area contributed by atoms with E-state index in [0.29, 0.717) is 0 Å². The molecule has 0 spiro atoms. The van der Waals surface area contributed by atoms with E-state index in [1.807, 2.05) is 0 Å². The summed E-state index contributed by atoms with van der Waals surface area (Å²) in [6.45, 7) is 2.30. The van der Waals surface area contributed by atoms with Crippen LogP contribution in [0, 0.1) is 5.92 Å². The van der Waals surface area contributed by atoms with E-state index >= 15 is 0 Å². The molecule has 2 aliphatic rings. The Bertz CT molecular complexity index is 152. The lowest BCUT2D eigenvalue weighted by atomic mass is 10.1. The minimum absolute atomic E-state index is 0.815. The van der Waals surface area contributed by atoms with Crippen LogP contribution in [0.1, 0.15) is 19.8 Å². The number of rotatable bonds is 0. The molecular formula is C8H10. The predicted octanol–water partition coefficient (Wildman–Crippen LogP) is 2.28. The molecule has 0 heteroatoms. The molecule has 0 radical (unpaired) electrons. The van der Waals surface area contributed by atoms with Gasteiger partial charge in [-0.25, -0.2) is 0 Å². The predicted molar refractivity (Wildman–Crippen MR) is 34.6 cm³/mol. The SMILES string of the molecule is CC1C2=CC=C1CC2. The summed E-state index contributed by atoms with van der Waals surface area (Å²) in [6, 6.07) is 0. The summed E-state index contributed by atoms with van der Waals surface area (Å²) in [4.78, 5) is 0. The van der Waals surface area contributed by atoms with Gasteiger partial charge in [0, 0.05) is 0 Å². The lowest BCUT2D eigenvalue weighted by molar-refractivity contribution is 0.876. The average molecular weight is 106 g/mol. The van der Waals surface area contributed by atoms with Crippen LogP contribution in [0.2, 0.25) is 0 Å². The third kappa shape index (κ3) is 0.360. The van der Waals surface area contributed by atoms with Gasteiger partial charge >= 0.3 is 0 Å². The Hall–Kier alpha value is -0.520. The summed E-state index contributed by atoms with van der Waals surface area (Å²) in [7, 11) is 0. The molecule has 0 unspecified atom stereocenters. The van der Waals surface area contributed by atoms with Crippen molar-refractivity contribution in [1.29, 1.82) is 0 Å². The molecule has 0 aliphatic heterocycles. The molecule has 8 heavy (non-hydrogen) atoms. The maximum atomic E-state index is 2.30. The zero-order valence-corrected chi connectivity index (χ0v) is 5.15. The molecule has 0 heterocycles. The van der Waals surface area contributed by atoms with Crippen molar-refractivity contribution in [1.82, 2.24) is 0 Å². The van der Waals surface area contributed by atoms with E-state index in [4.69, 9.17) is 0 Å². The molecule has 0 aromatic rings. The van der Waals surface area contributed by atoms with Crippen molar-refractivity contribution in [3.05, 3.63) is 23.3 Å². The van der Waals surface area contributed by atoms with E-state index < -0.39 is 0 Å². The van der Waals surface area contributed by atoms with Gasteiger partial charge in [0.05, 0.1) is 0 Å². The van der Waals surface area contributed by atoms with Crippen LogP contribution in [0.25, 0.3) is 0 Å². The number of fused-ring (bicyclic) bond motifs is 2. The summed E-state index contributed by atoms with van der Waals surface area (Å²) >= 11 is 0. The molecule has 0 nitrogen and oxygen atoms in total. The second kappa shape index (κ2) is 1.25. The number of allylic oxidation sites excluding steroid dienone is 4. The van der Waals surface area contributed by atoms with Gasteiger partial charge in [-0.3, -0.25) is 0 Å². The van der Waals surface area contributed by atoms with E-state index in [0.717, 1.165) is 5.92 Å². The molecule has 2 aliphatic carbocycles. The zero-order chi connectivity index (χ0) is 5.56. The fourth-order valence-electron chi connectivity index (χ4n) is 1.63. The standard InChI is InChI=1S/C8H10/c1-6-7-2-3-8(6)5-4-7/h2-3,6H,4-5H2,1H3. The first-order chi connectivity index (χ1) is 3.88. The Morgan fingerprint density at radius 3 is 1.88 bits per heavy atom. The summed E-state index contributed by atoms with van der Waals surface area (Å²) in [5.41, 5.74) is 3.31. The van der Waals surface area contributed by atoms with Crippen molar-refractivity contribution in [2.45, 2.75) is 19.8 Å². The van der Waals surface area contributed by atoms with Gasteiger partial charge in [-0.2, -0.15) is 0 Å². The Morgan fingerprint density at radius 1 is 1.25 bits per heavy atom. The fourth-order valence-corrected chi connectivity index (χ4v) is 1.63. The van der Waals surface area contributed by atoms with Crippen molar-refractivity contribution in [3.63, 3.8) is 0 Å². The molecule has 0 aromatic carbocycles. The Labute approximate surface area is 49.9 Å². The second-order valence-electron chi connectivity index (χ2n) is 2.70. The van der Waals surface area contributed by atoms with Crippen LogP contribution in [0.3, 0.4) is 0 Å². The van der Waals surface area contributed by atoms with Crippen LogP contribution < -0.4 is 0 Å². The smallest absolute Gasteiger partial charge is 0.00150 e. The van der Waals surface area contributed by atoms with Crippen LogP contribution >= 0.6 is 0 Å². The Balaban J connectivity index is 2.44. The van der Waals surface area contributed by atoms with Gasteiger partial charge in [0.25, 0.3) is 0 Å². The minimum Gasteiger partial charge on any atom is -0.0630 e. The van der Waals surface area contributed by atoms with Crippen molar-refractivity contribution in [3.8, 4) is 0 Å². The van der Waals surface area contributed by atoms with E-state index in [1.54, 1.807) is 11.1 Å². The van der Waals surface area contributed by atoms with Gasteiger partial charge in [-0.1, -0.05) is 30.2 Å². The van der Waals surface area contributed by atoms with Gasteiger partial charge in [0.2, 0.25) is 0 Å². The molecule has 42 valence electrons. The maximum absolute atomic E-state index is 2.30. The van der Waals surface area contributed by atoms with Gasteiger partial charge in [0.1, 0.15) is 0 Å². The summed E-state index contributed by atoms with van der Waals surface area (Å²) in [5.74, 6) is 0.815. The first-order valence-corrected chi connectivity index (χ1v) is 3.27. The summed E-state index contributed by atoms with van der Waals surface area (Å²) < 4.78 is 0. The van der Waals surface area contributed by atoms with Crippen molar-refractivity contribution >= 4 is 0 Å². The fraction of sp³-hybridized carbons (Fsp3) is 0.500. The van der Waals surface area contributed by atoms with E-state index in [-0.39, 0.29) is 0 Å². The average Bonchev–Trinajstić information content (AvgIpc) is 2.29. The highest BCUT2D eigenvalue weighted by molar-refractivity contribution is 5.39. The lowest BCUT2D eigenvalue weighted by Gasteiger charge is -1.96. The largest absolute Gasteiger partial charge is 0.0630 e. The highest BCUT2D eigenvalue weighted by atomic mass is 14.3. The summed E-state index contributed by atoms with van der Waals surface area (Å²) in [5, 5.41) is 0. The van der Waals surface area contributed by atoms with Gasteiger partial charge in [0.15, 0.2) is 0 Å². The molecular weight excluding hydrogens is 96.1 g/mol. The first kappa shape index (κ1) is 4.37. The number of hydrogen-bond donors (Lipinski definition) is 0. The summed E-state index contributed by atoms with van der Waals surface area (Å²) in [6.07, 6.45) is 7.24. The third-order valence-electron chi connectivity index (χ3n) is 2.33. The van der Waals surface area contributed by atoms with Crippen molar-refractivity contribution < 1.29 is 0 Å². The third-order valence-corrected chi connectivity index (χ3v) is 2.33.